The predicted molar refractivity (Wildman–Crippen MR) is 110 cm³/mol. The van der Waals surface area contributed by atoms with Crippen molar-refractivity contribution >= 4 is 17.5 Å². The Bertz CT molecular complexity index is 965. The third-order valence-corrected chi connectivity index (χ3v) is 4.12. The molecule has 3 rings (SSSR count). The van der Waals surface area contributed by atoms with Crippen molar-refractivity contribution in [1.29, 1.82) is 0 Å². The van der Waals surface area contributed by atoms with E-state index in [1.54, 1.807) is 31.2 Å². The third-order valence-electron chi connectivity index (χ3n) is 4.12. The molecule has 0 fully saturated rings. The van der Waals surface area contributed by atoms with Crippen LogP contribution in [-0.4, -0.2) is 29.9 Å². The molecule has 1 aromatic heterocycles. The zero-order valence-corrected chi connectivity index (χ0v) is 16.4. The van der Waals surface area contributed by atoms with E-state index in [9.17, 15) is 9.59 Å². The summed E-state index contributed by atoms with van der Waals surface area (Å²) in [7, 11) is 0. The summed E-state index contributed by atoms with van der Waals surface area (Å²) >= 11 is 0. The molecule has 2 N–H and O–H groups in total. The summed E-state index contributed by atoms with van der Waals surface area (Å²) in [5.74, 6) is 1.29. The van der Waals surface area contributed by atoms with Crippen LogP contribution in [0.1, 0.15) is 18.4 Å². The quantitative estimate of drug-likeness (QED) is 0.612. The van der Waals surface area contributed by atoms with E-state index in [0.717, 1.165) is 5.56 Å². The highest BCUT2D eigenvalue weighted by molar-refractivity contribution is 5.92. The second kappa shape index (κ2) is 9.54. The molecule has 0 unspecified atom stereocenters. The van der Waals surface area contributed by atoms with E-state index in [1.165, 1.54) is 0 Å². The van der Waals surface area contributed by atoms with Gasteiger partial charge in [-0.3, -0.25) is 9.59 Å². The fourth-order valence-corrected chi connectivity index (χ4v) is 2.69. The van der Waals surface area contributed by atoms with E-state index in [2.05, 4.69) is 15.6 Å². The standard InChI is InChI=1S/C22H23N3O4/c1-3-23-21(27)14-28-18-11-9-17(10-12-18)24-20(26)13-19-15(2)29-22(25-19)16-7-5-4-6-8-16/h4-12H,3,13-14H2,1-2H3,(H,23,27)(H,24,26). The number of anilines is 1. The zero-order chi connectivity index (χ0) is 20.6. The van der Waals surface area contributed by atoms with Gasteiger partial charge < -0.3 is 19.8 Å². The molecule has 7 nitrogen and oxygen atoms in total. The summed E-state index contributed by atoms with van der Waals surface area (Å²) in [5.41, 5.74) is 2.10. The summed E-state index contributed by atoms with van der Waals surface area (Å²) in [4.78, 5) is 28.2. The summed E-state index contributed by atoms with van der Waals surface area (Å²) in [5, 5.41) is 5.48. The van der Waals surface area contributed by atoms with Crippen molar-refractivity contribution in [3.05, 3.63) is 66.1 Å². The number of likely N-dealkylation sites (N-methyl/N-ethyl adjacent to an activating group) is 1. The van der Waals surface area contributed by atoms with Gasteiger partial charge in [0.1, 0.15) is 11.5 Å². The van der Waals surface area contributed by atoms with Crippen LogP contribution in [0.25, 0.3) is 11.5 Å². The molecule has 2 amide bonds. The second-order valence-corrected chi connectivity index (χ2v) is 6.38. The van der Waals surface area contributed by atoms with Crippen LogP contribution >= 0.6 is 0 Å². The first-order chi connectivity index (χ1) is 14.0. The van der Waals surface area contributed by atoms with Gasteiger partial charge in [-0.1, -0.05) is 18.2 Å². The normalized spacial score (nSPS) is 10.4. The van der Waals surface area contributed by atoms with Gasteiger partial charge >= 0.3 is 0 Å². The number of ether oxygens (including phenoxy) is 1. The Morgan fingerprint density at radius 2 is 1.76 bits per heavy atom. The van der Waals surface area contributed by atoms with Crippen LogP contribution in [0, 0.1) is 6.92 Å². The Hall–Kier alpha value is -3.61. The minimum absolute atomic E-state index is 0.0469. The number of hydrogen-bond acceptors (Lipinski definition) is 5. The van der Waals surface area contributed by atoms with Crippen molar-refractivity contribution in [3.63, 3.8) is 0 Å². The van der Waals surface area contributed by atoms with Crippen LogP contribution in [0.3, 0.4) is 0 Å². The van der Waals surface area contributed by atoms with E-state index in [1.807, 2.05) is 37.3 Å². The maximum Gasteiger partial charge on any atom is 0.257 e. The lowest BCUT2D eigenvalue weighted by atomic mass is 10.2. The van der Waals surface area contributed by atoms with Crippen LogP contribution in [0.2, 0.25) is 0 Å². The first-order valence-electron chi connectivity index (χ1n) is 9.36. The molecular formula is C22H23N3O4. The van der Waals surface area contributed by atoms with E-state index in [4.69, 9.17) is 9.15 Å². The predicted octanol–water partition coefficient (Wildman–Crippen LogP) is 3.35. The maximum absolute atomic E-state index is 12.4. The molecule has 7 heteroatoms. The molecule has 29 heavy (non-hydrogen) atoms. The molecular weight excluding hydrogens is 370 g/mol. The number of amides is 2. The van der Waals surface area contributed by atoms with Crippen molar-refractivity contribution in [2.45, 2.75) is 20.3 Å². The molecule has 2 aromatic carbocycles. The molecule has 1 heterocycles. The van der Waals surface area contributed by atoms with Gasteiger partial charge in [-0.25, -0.2) is 4.98 Å². The van der Waals surface area contributed by atoms with Gasteiger partial charge in [-0.15, -0.1) is 0 Å². The lowest BCUT2D eigenvalue weighted by Crippen LogP contribution is -2.28. The topological polar surface area (TPSA) is 93.5 Å². The number of rotatable bonds is 8. The highest BCUT2D eigenvalue weighted by Crippen LogP contribution is 2.22. The maximum atomic E-state index is 12.4. The lowest BCUT2D eigenvalue weighted by Gasteiger charge is -2.08. The Morgan fingerprint density at radius 3 is 2.45 bits per heavy atom. The van der Waals surface area contributed by atoms with Gasteiger partial charge in [0, 0.05) is 17.8 Å². The summed E-state index contributed by atoms with van der Waals surface area (Å²) in [6.07, 6.45) is 0.109. The number of carbonyl (C=O) groups excluding carboxylic acids is 2. The van der Waals surface area contributed by atoms with Crippen LogP contribution in [0.5, 0.6) is 5.75 Å². The van der Waals surface area contributed by atoms with Crippen LogP contribution in [0.4, 0.5) is 5.69 Å². The number of aromatic nitrogens is 1. The Labute approximate surface area is 169 Å². The van der Waals surface area contributed by atoms with Crippen molar-refractivity contribution in [3.8, 4) is 17.2 Å². The van der Waals surface area contributed by atoms with Crippen molar-refractivity contribution in [1.82, 2.24) is 10.3 Å². The molecule has 3 aromatic rings. The lowest BCUT2D eigenvalue weighted by molar-refractivity contribution is -0.123. The molecule has 0 saturated heterocycles. The first kappa shape index (κ1) is 20.1. The monoisotopic (exact) mass is 393 g/mol. The number of oxazole rings is 1. The van der Waals surface area contributed by atoms with Crippen molar-refractivity contribution in [2.75, 3.05) is 18.5 Å². The van der Waals surface area contributed by atoms with Gasteiger partial charge in [0.05, 0.1) is 12.1 Å². The molecule has 0 spiro atoms. The second-order valence-electron chi connectivity index (χ2n) is 6.38. The fourth-order valence-electron chi connectivity index (χ4n) is 2.69. The molecule has 0 bridgehead atoms. The average molecular weight is 393 g/mol. The Kier molecular flexibility index (Phi) is 6.63. The fraction of sp³-hybridized carbons (Fsp3) is 0.227. The minimum atomic E-state index is -0.197. The number of nitrogens with zero attached hydrogens (tertiary/aromatic N) is 1. The summed E-state index contributed by atoms with van der Waals surface area (Å²) in [6, 6.07) is 16.4. The Morgan fingerprint density at radius 1 is 1.03 bits per heavy atom. The smallest absolute Gasteiger partial charge is 0.257 e. The van der Waals surface area contributed by atoms with Crippen LogP contribution in [-0.2, 0) is 16.0 Å². The molecule has 0 atom stereocenters. The van der Waals surface area contributed by atoms with Gasteiger partial charge in [-0.05, 0) is 50.2 Å². The zero-order valence-electron chi connectivity index (χ0n) is 16.4. The largest absolute Gasteiger partial charge is 0.484 e. The summed E-state index contributed by atoms with van der Waals surface area (Å²) in [6.45, 7) is 4.15. The number of aryl methyl sites for hydroxylation is 1. The van der Waals surface area contributed by atoms with E-state index in [-0.39, 0.29) is 24.8 Å². The van der Waals surface area contributed by atoms with Gasteiger partial charge in [0.2, 0.25) is 11.8 Å². The minimum Gasteiger partial charge on any atom is -0.484 e. The SMILES string of the molecule is CCNC(=O)COc1ccc(NC(=O)Cc2nc(-c3ccccc3)oc2C)cc1. The molecule has 0 aliphatic carbocycles. The van der Waals surface area contributed by atoms with Gasteiger partial charge in [0.15, 0.2) is 6.61 Å². The van der Waals surface area contributed by atoms with E-state index in [0.29, 0.717) is 35.3 Å². The molecule has 0 radical (unpaired) electrons. The summed E-state index contributed by atoms with van der Waals surface area (Å²) < 4.78 is 11.1. The molecule has 0 saturated carbocycles. The number of nitrogens with one attached hydrogen (secondary N) is 2. The Balaban J connectivity index is 1.56. The number of hydrogen-bond donors (Lipinski definition) is 2. The van der Waals surface area contributed by atoms with E-state index >= 15 is 0 Å². The average Bonchev–Trinajstić information content (AvgIpc) is 3.08. The molecule has 0 aliphatic rings. The van der Waals surface area contributed by atoms with E-state index < -0.39 is 0 Å². The molecule has 150 valence electrons. The highest BCUT2D eigenvalue weighted by Gasteiger charge is 2.15. The number of carbonyl (C=O) groups is 2. The first-order valence-corrected chi connectivity index (χ1v) is 9.36. The van der Waals surface area contributed by atoms with Crippen LogP contribution < -0.4 is 15.4 Å². The number of benzene rings is 2. The van der Waals surface area contributed by atoms with Gasteiger partial charge in [-0.2, -0.15) is 0 Å². The van der Waals surface area contributed by atoms with Crippen molar-refractivity contribution in [2.24, 2.45) is 0 Å². The highest BCUT2D eigenvalue weighted by atomic mass is 16.5. The van der Waals surface area contributed by atoms with Crippen molar-refractivity contribution < 1.29 is 18.7 Å². The molecule has 0 aliphatic heterocycles. The van der Waals surface area contributed by atoms with Gasteiger partial charge in [0.25, 0.3) is 5.91 Å². The van der Waals surface area contributed by atoms with Crippen LogP contribution in [0.15, 0.2) is 59.0 Å². The third kappa shape index (κ3) is 5.68.